The third-order valence-electron chi connectivity index (χ3n) is 3.55. The first kappa shape index (κ1) is 14.9. The number of aromatic nitrogens is 2. The molecule has 0 atom stereocenters. The summed E-state index contributed by atoms with van der Waals surface area (Å²) in [5, 5.41) is 0. The molecule has 0 saturated carbocycles. The molecule has 0 aromatic carbocycles. The van der Waals surface area contributed by atoms with Gasteiger partial charge < -0.3 is 14.2 Å². The topological polar surface area (TPSA) is 47.4 Å². The largest absolute Gasteiger partial charge is 0.378 e. The van der Waals surface area contributed by atoms with Crippen LogP contribution in [-0.4, -0.2) is 35.9 Å². The van der Waals surface area contributed by atoms with E-state index >= 15 is 0 Å². The van der Waals surface area contributed by atoms with Crippen LogP contribution in [0.1, 0.15) is 11.3 Å². The monoisotopic (exact) mass is 293 g/mol. The Kier molecular flexibility index (Phi) is 4.67. The van der Waals surface area contributed by atoms with Gasteiger partial charge in [-0.05, 0) is 26.1 Å². The highest BCUT2D eigenvalue weighted by atomic mass is 32.1. The van der Waals surface area contributed by atoms with Crippen LogP contribution in [0, 0.1) is 18.6 Å². The zero-order valence-corrected chi connectivity index (χ0v) is 12.7. The van der Waals surface area contributed by atoms with Crippen molar-refractivity contribution >= 4 is 18.0 Å². The molecular formula is C14H19N3O2S. The summed E-state index contributed by atoms with van der Waals surface area (Å²) in [5.74, 6) is 0.432. The quantitative estimate of drug-likeness (QED) is 0.626. The Morgan fingerprint density at radius 2 is 2.05 bits per heavy atom. The number of morpholine rings is 1. The van der Waals surface area contributed by atoms with Crippen LogP contribution >= 0.6 is 12.2 Å². The Morgan fingerprint density at radius 1 is 1.40 bits per heavy atom. The summed E-state index contributed by atoms with van der Waals surface area (Å²) in [6.07, 6.45) is 1.75. The SMILES string of the molecule is C=CCn1c(C)c(C)c(=O)c(N2CCOCC2)nc1=S. The van der Waals surface area contributed by atoms with Crippen molar-refractivity contribution in [3.63, 3.8) is 0 Å². The van der Waals surface area contributed by atoms with Gasteiger partial charge in [-0.25, -0.2) is 0 Å². The van der Waals surface area contributed by atoms with Crippen LogP contribution < -0.4 is 10.3 Å². The van der Waals surface area contributed by atoms with Gasteiger partial charge in [-0.3, -0.25) is 4.79 Å². The van der Waals surface area contributed by atoms with E-state index in [0.29, 0.717) is 49.0 Å². The van der Waals surface area contributed by atoms with Crippen LogP contribution in [-0.2, 0) is 11.3 Å². The molecule has 2 rings (SSSR count). The molecular weight excluding hydrogens is 274 g/mol. The highest BCUT2D eigenvalue weighted by Crippen LogP contribution is 2.11. The number of nitrogens with zero attached hydrogens (tertiary/aromatic N) is 3. The molecule has 6 heteroatoms. The highest BCUT2D eigenvalue weighted by molar-refractivity contribution is 7.71. The Bertz CT molecular complexity index is 633. The van der Waals surface area contributed by atoms with Gasteiger partial charge in [-0.15, -0.1) is 6.58 Å². The van der Waals surface area contributed by atoms with E-state index in [4.69, 9.17) is 17.0 Å². The molecule has 0 aliphatic carbocycles. The lowest BCUT2D eigenvalue weighted by Gasteiger charge is -2.26. The Hall–Kier alpha value is -1.53. The molecule has 5 nitrogen and oxygen atoms in total. The van der Waals surface area contributed by atoms with Crippen molar-refractivity contribution in [1.29, 1.82) is 0 Å². The van der Waals surface area contributed by atoms with Crippen molar-refractivity contribution in [2.24, 2.45) is 0 Å². The number of anilines is 1. The molecule has 0 bridgehead atoms. The lowest BCUT2D eigenvalue weighted by atomic mass is 10.2. The molecule has 0 unspecified atom stereocenters. The van der Waals surface area contributed by atoms with Gasteiger partial charge in [0, 0.05) is 30.9 Å². The highest BCUT2D eigenvalue weighted by Gasteiger charge is 2.17. The zero-order valence-electron chi connectivity index (χ0n) is 11.9. The predicted octanol–water partition coefficient (Wildman–Crippen LogP) is 1.61. The summed E-state index contributed by atoms with van der Waals surface area (Å²) in [4.78, 5) is 18.9. The minimum Gasteiger partial charge on any atom is -0.378 e. The third-order valence-corrected chi connectivity index (χ3v) is 3.86. The standard InChI is InChI=1S/C14H19N3O2S/c1-4-5-17-11(3)10(2)12(18)13(15-14(17)20)16-6-8-19-9-7-16/h4H,1,5-9H2,2-3H3. The minimum atomic E-state index is -0.0571. The smallest absolute Gasteiger partial charge is 0.225 e. The molecule has 1 saturated heterocycles. The molecule has 20 heavy (non-hydrogen) atoms. The normalized spacial score (nSPS) is 15.2. The fraction of sp³-hybridized carbons (Fsp3) is 0.500. The van der Waals surface area contributed by atoms with Gasteiger partial charge in [-0.1, -0.05) is 6.08 Å². The summed E-state index contributed by atoms with van der Waals surface area (Å²) in [7, 11) is 0. The molecule has 1 aliphatic heterocycles. The first-order valence-electron chi connectivity index (χ1n) is 6.62. The third kappa shape index (κ3) is 2.81. The molecule has 0 radical (unpaired) electrons. The van der Waals surface area contributed by atoms with E-state index in [2.05, 4.69) is 11.6 Å². The van der Waals surface area contributed by atoms with E-state index < -0.39 is 0 Å². The summed E-state index contributed by atoms with van der Waals surface area (Å²) in [6.45, 7) is 10.5. The molecule has 0 N–H and O–H groups in total. The Labute approximate surface area is 123 Å². The van der Waals surface area contributed by atoms with E-state index in [-0.39, 0.29) is 5.43 Å². The van der Waals surface area contributed by atoms with Gasteiger partial charge in [0.2, 0.25) is 10.2 Å². The van der Waals surface area contributed by atoms with E-state index in [0.717, 1.165) is 5.69 Å². The van der Waals surface area contributed by atoms with Gasteiger partial charge in [0.25, 0.3) is 0 Å². The van der Waals surface area contributed by atoms with Gasteiger partial charge in [0.1, 0.15) is 0 Å². The summed E-state index contributed by atoms with van der Waals surface area (Å²) in [6, 6.07) is 0. The maximum absolute atomic E-state index is 12.6. The second kappa shape index (κ2) is 6.28. The molecule has 1 aromatic rings. The maximum atomic E-state index is 12.6. The van der Waals surface area contributed by atoms with Crippen LogP contribution in [0.3, 0.4) is 0 Å². The fourth-order valence-corrected chi connectivity index (χ4v) is 2.51. The van der Waals surface area contributed by atoms with Crippen molar-refractivity contribution in [1.82, 2.24) is 9.55 Å². The van der Waals surface area contributed by atoms with Gasteiger partial charge in [-0.2, -0.15) is 4.98 Å². The molecule has 1 fully saturated rings. The number of allylic oxidation sites excluding steroid dienone is 1. The van der Waals surface area contributed by atoms with Crippen molar-refractivity contribution in [2.45, 2.75) is 20.4 Å². The van der Waals surface area contributed by atoms with Crippen molar-refractivity contribution in [2.75, 3.05) is 31.2 Å². The van der Waals surface area contributed by atoms with E-state index in [9.17, 15) is 4.79 Å². The fourth-order valence-electron chi connectivity index (χ4n) is 2.21. The number of hydrogen-bond donors (Lipinski definition) is 0. The molecule has 1 aromatic heterocycles. The van der Waals surface area contributed by atoms with Crippen LogP contribution in [0.5, 0.6) is 0 Å². The Balaban J connectivity index is 2.65. The van der Waals surface area contributed by atoms with Crippen molar-refractivity contribution in [3.8, 4) is 0 Å². The van der Waals surface area contributed by atoms with E-state index in [1.807, 2.05) is 23.3 Å². The van der Waals surface area contributed by atoms with Gasteiger partial charge in [0.05, 0.1) is 13.2 Å². The van der Waals surface area contributed by atoms with Crippen molar-refractivity contribution in [3.05, 3.63) is 38.9 Å². The summed E-state index contributed by atoms with van der Waals surface area (Å²) < 4.78 is 7.56. The first-order chi connectivity index (χ1) is 9.56. The van der Waals surface area contributed by atoms with Crippen molar-refractivity contribution < 1.29 is 4.74 Å². The summed E-state index contributed by atoms with van der Waals surface area (Å²) in [5.41, 5.74) is 1.46. The molecule has 0 spiro atoms. The van der Waals surface area contributed by atoms with Crippen LogP contribution in [0.4, 0.5) is 5.82 Å². The molecule has 108 valence electrons. The lowest BCUT2D eigenvalue weighted by molar-refractivity contribution is 0.122. The number of rotatable bonds is 3. The first-order valence-corrected chi connectivity index (χ1v) is 7.03. The lowest BCUT2D eigenvalue weighted by Crippen LogP contribution is -2.39. The van der Waals surface area contributed by atoms with E-state index in [1.165, 1.54) is 0 Å². The molecule has 1 aliphatic rings. The van der Waals surface area contributed by atoms with Crippen LogP contribution in [0.2, 0.25) is 0 Å². The van der Waals surface area contributed by atoms with Gasteiger partial charge >= 0.3 is 0 Å². The average Bonchev–Trinajstić information content (AvgIpc) is 2.55. The average molecular weight is 293 g/mol. The predicted molar refractivity (Wildman–Crippen MR) is 82.0 cm³/mol. The van der Waals surface area contributed by atoms with E-state index in [1.54, 1.807) is 6.08 Å². The maximum Gasteiger partial charge on any atom is 0.225 e. The minimum absolute atomic E-state index is 0.0571. The second-order valence-electron chi connectivity index (χ2n) is 4.76. The van der Waals surface area contributed by atoms with Crippen LogP contribution in [0.25, 0.3) is 0 Å². The summed E-state index contributed by atoms with van der Waals surface area (Å²) >= 11 is 5.35. The Morgan fingerprint density at radius 3 is 2.65 bits per heavy atom. The number of hydrogen-bond acceptors (Lipinski definition) is 5. The zero-order chi connectivity index (χ0) is 14.7. The molecule has 0 amide bonds. The second-order valence-corrected chi connectivity index (χ2v) is 5.12. The molecule has 2 heterocycles. The number of ether oxygens (including phenoxy) is 1. The van der Waals surface area contributed by atoms with Gasteiger partial charge in [0.15, 0.2) is 5.82 Å². The van der Waals surface area contributed by atoms with Crippen LogP contribution in [0.15, 0.2) is 17.4 Å².